The Labute approximate surface area is 727 Å². The van der Waals surface area contributed by atoms with Crippen molar-refractivity contribution in [3.8, 4) is 34.5 Å². The number of fused-ring (bicyclic) bond motifs is 12. The SMILES string of the molecule is CCCCCCCCCCCCOc1cc2c3ccccc3c3[nH]c(C(=O)/C=C(\OB(F)F)c4cc5c([nH]4)c4ccccc4c4cc(OCCCCCCCCCCCC)c(OCCCCCCCCCCCC)c(OCCCCCCCCCCCC)c45)cc3c2c(OCCCCCCCCCCCC)c1OCCCCCCCCCCCC. The molecule has 2 aromatic heterocycles. The molecule has 0 saturated carbocycles. The van der Waals surface area contributed by atoms with Gasteiger partial charge in [0, 0.05) is 38.4 Å². The Morgan fingerprint density at radius 2 is 0.508 bits per heavy atom. The van der Waals surface area contributed by atoms with Gasteiger partial charge >= 0.3 is 7.47 Å². The fourth-order valence-electron chi connectivity index (χ4n) is 17.9. The molecule has 0 amide bonds. The van der Waals surface area contributed by atoms with Crippen LogP contribution in [-0.4, -0.2) is 62.9 Å². The third-order valence-electron chi connectivity index (χ3n) is 25.0. The third-order valence-corrected chi connectivity index (χ3v) is 25.0. The van der Waals surface area contributed by atoms with Crippen LogP contribution in [0.1, 0.15) is 443 Å². The van der Waals surface area contributed by atoms with E-state index in [0.717, 1.165) is 156 Å². The number of nitrogens with one attached hydrogen (secondary N) is 2. The molecule has 13 heteroatoms. The number of rotatable bonds is 77. The van der Waals surface area contributed by atoms with E-state index >= 15 is 13.4 Å². The van der Waals surface area contributed by atoms with Gasteiger partial charge in [-0.25, -0.2) is 8.63 Å². The molecule has 0 aliphatic heterocycles. The van der Waals surface area contributed by atoms with Crippen LogP contribution in [0.25, 0.3) is 70.7 Å². The smallest absolute Gasteiger partial charge is 0.503 e. The summed E-state index contributed by atoms with van der Waals surface area (Å²) < 4.78 is 79.2. The molecule has 8 rings (SSSR count). The number of hydrogen-bond acceptors (Lipinski definition) is 8. The van der Waals surface area contributed by atoms with Gasteiger partial charge in [-0.15, -0.1) is 0 Å². The lowest BCUT2D eigenvalue weighted by atomic mass is 9.96. The van der Waals surface area contributed by atoms with Gasteiger partial charge in [0.05, 0.1) is 62.1 Å². The number of halogens is 2. The Kier molecular flexibility index (Phi) is 50.8. The summed E-state index contributed by atoms with van der Waals surface area (Å²) in [7, 11) is -3.25. The van der Waals surface area contributed by atoms with E-state index < -0.39 is 13.3 Å². The Morgan fingerprint density at radius 3 is 0.783 bits per heavy atom. The molecule has 0 aliphatic carbocycles. The number of benzene rings is 6. The molecule has 120 heavy (non-hydrogen) atoms. The first-order chi connectivity index (χ1) is 59.3. The van der Waals surface area contributed by atoms with E-state index in [1.165, 1.54) is 295 Å². The number of ether oxygens (including phenoxy) is 6. The van der Waals surface area contributed by atoms with Crippen LogP contribution in [0.4, 0.5) is 8.63 Å². The van der Waals surface area contributed by atoms with Crippen LogP contribution < -0.4 is 28.4 Å². The maximum atomic E-state index is 15.6. The molecule has 2 heterocycles. The second-order valence-electron chi connectivity index (χ2n) is 35.4. The van der Waals surface area contributed by atoms with E-state index in [4.69, 9.17) is 33.1 Å². The number of aromatic nitrogens is 2. The minimum absolute atomic E-state index is 0.219. The molecule has 0 saturated heterocycles. The Hall–Kier alpha value is -6.63. The molecule has 10 nitrogen and oxygen atoms in total. The minimum atomic E-state index is -3.25. The number of aromatic amines is 2. The maximum Gasteiger partial charge on any atom is 0.796 e. The van der Waals surface area contributed by atoms with E-state index in [1.54, 1.807) is 0 Å². The first-order valence-corrected chi connectivity index (χ1v) is 50.3. The maximum absolute atomic E-state index is 15.6. The molecule has 0 radical (unpaired) electrons. The highest BCUT2D eigenvalue weighted by Gasteiger charge is 2.29. The topological polar surface area (TPSA) is 113 Å². The molecule has 0 atom stereocenters. The van der Waals surface area contributed by atoms with Crippen molar-refractivity contribution in [2.24, 2.45) is 0 Å². The van der Waals surface area contributed by atoms with Crippen LogP contribution in [0.3, 0.4) is 0 Å². The van der Waals surface area contributed by atoms with Gasteiger partial charge in [-0.1, -0.05) is 437 Å². The third kappa shape index (κ3) is 34.8. The lowest BCUT2D eigenvalue weighted by Gasteiger charge is -2.21. The Bertz CT molecular complexity index is 4080. The molecule has 2 N–H and O–H groups in total. The zero-order valence-corrected chi connectivity index (χ0v) is 76.8. The van der Waals surface area contributed by atoms with Crippen LogP contribution in [-0.2, 0) is 4.65 Å². The number of hydrogen-bond donors (Lipinski definition) is 2. The fourth-order valence-corrected chi connectivity index (χ4v) is 17.9. The molecule has 6 aromatic carbocycles. The summed E-state index contributed by atoms with van der Waals surface area (Å²) in [5.41, 5.74) is 1.90. The van der Waals surface area contributed by atoms with Crippen molar-refractivity contribution in [3.63, 3.8) is 0 Å². The van der Waals surface area contributed by atoms with Crippen molar-refractivity contribution in [1.29, 1.82) is 0 Å². The quantitative estimate of drug-likeness (QED) is 0.00968. The van der Waals surface area contributed by atoms with Gasteiger partial charge in [0.1, 0.15) is 5.76 Å². The van der Waals surface area contributed by atoms with Gasteiger partial charge in [-0.05, 0) is 84.3 Å². The molecule has 0 spiro atoms. The summed E-state index contributed by atoms with van der Waals surface area (Å²) in [6.45, 7) is 16.7. The van der Waals surface area contributed by atoms with E-state index in [2.05, 4.69) is 94.0 Å². The Balaban J connectivity index is 1.19. The van der Waals surface area contributed by atoms with E-state index in [0.29, 0.717) is 79.7 Å². The average molecular weight is 1660 g/mol. The summed E-state index contributed by atoms with van der Waals surface area (Å²) in [6, 6.07) is 24.6. The minimum Gasteiger partial charge on any atom is -0.503 e. The van der Waals surface area contributed by atoms with Crippen molar-refractivity contribution < 1.29 is 46.5 Å². The summed E-state index contributed by atoms with van der Waals surface area (Å²) >= 11 is 0. The van der Waals surface area contributed by atoms with Gasteiger partial charge in [0.25, 0.3) is 0 Å². The van der Waals surface area contributed by atoms with Gasteiger partial charge in [0.2, 0.25) is 17.3 Å². The van der Waals surface area contributed by atoms with Crippen molar-refractivity contribution >= 4 is 83.9 Å². The summed E-state index contributed by atoms with van der Waals surface area (Å²) in [5, 5.41) is 8.68. The van der Waals surface area contributed by atoms with Crippen molar-refractivity contribution in [2.75, 3.05) is 39.6 Å². The highest BCUT2D eigenvalue weighted by Crippen LogP contribution is 2.52. The number of unbranched alkanes of at least 4 members (excludes halogenated alkanes) is 54. The van der Waals surface area contributed by atoms with Gasteiger partial charge < -0.3 is 43.0 Å². The second kappa shape index (κ2) is 61.6. The predicted octanol–water partition coefficient (Wildman–Crippen LogP) is 35.2. The van der Waals surface area contributed by atoms with Crippen molar-refractivity contribution in [1.82, 2.24) is 9.97 Å². The molecule has 0 unspecified atom stereocenters. The van der Waals surface area contributed by atoms with Crippen LogP contribution in [0, 0.1) is 0 Å². The van der Waals surface area contributed by atoms with Crippen LogP contribution in [0.15, 0.2) is 78.9 Å². The number of allylic oxidation sites excluding steroid dienone is 1. The molecule has 0 fully saturated rings. The molecular weight excluding hydrogens is 1490 g/mol. The summed E-state index contributed by atoms with van der Waals surface area (Å²) in [4.78, 5) is 22.8. The van der Waals surface area contributed by atoms with E-state index in [9.17, 15) is 0 Å². The summed E-state index contributed by atoms with van der Waals surface area (Å²) in [5.74, 6) is 2.91. The first-order valence-electron chi connectivity index (χ1n) is 50.3. The van der Waals surface area contributed by atoms with Crippen LogP contribution in [0.2, 0.25) is 0 Å². The number of carbonyl (C=O) groups excluding carboxylic acids is 1. The van der Waals surface area contributed by atoms with Crippen LogP contribution >= 0.6 is 0 Å². The monoisotopic (exact) mass is 1660 g/mol. The molecule has 0 aliphatic rings. The van der Waals surface area contributed by atoms with Gasteiger partial charge in [-0.3, -0.25) is 4.79 Å². The highest BCUT2D eigenvalue weighted by atomic mass is 19.2. The lowest BCUT2D eigenvalue weighted by molar-refractivity contribution is 0.104. The first kappa shape index (κ1) is 98.8. The number of ketones is 1. The Morgan fingerprint density at radius 1 is 0.275 bits per heavy atom. The standard InChI is InChI=1S/C107H165BF2N2O8/c1-7-13-19-25-31-37-43-49-55-65-75-114-98-83-90-86-71-61-63-73-88(86)102-92(100(90)106(118-79-69-59-53-47-41-35-29-23-17-11-5)104(98)116-77-67-57-51-45-39-33-27-21-15-9-3)81-94(111-102)96(113)85-97(120-108(109)110)95-82-93-101-91(87-72-62-64-74-89(87)103(93)112-95)84-99(115-76-66-56-50-44-38-32-26-20-14-8-2)105(117-78-68-58-52-46-40-34-28-22-16-10-4)107(101)119-80-70-60-54-48-42-36-30-24-18-12-6/h61-64,71-74,81-85,111-112H,7-60,65-70,75-80H2,1-6H3/b97-85-. The fraction of sp³-hybridized carbons (Fsp3) is 0.673. The second-order valence-corrected chi connectivity index (χ2v) is 35.4. The highest BCUT2D eigenvalue weighted by molar-refractivity contribution is 6.36. The predicted molar refractivity (Wildman–Crippen MR) is 512 cm³/mol. The zero-order valence-electron chi connectivity index (χ0n) is 76.8. The average Bonchev–Trinajstić information content (AvgIpc) is 1.46. The summed E-state index contributed by atoms with van der Waals surface area (Å²) in [6.07, 6.45) is 74.0. The van der Waals surface area contributed by atoms with Crippen LogP contribution in [0.5, 0.6) is 34.5 Å². The molecule has 8 aromatic rings. The van der Waals surface area contributed by atoms with Gasteiger partial charge in [-0.2, -0.15) is 0 Å². The largest absolute Gasteiger partial charge is 0.796 e. The molecule has 668 valence electrons. The zero-order chi connectivity index (χ0) is 84.5. The van der Waals surface area contributed by atoms with E-state index in [1.807, 2.05) is 30.3 Å². The lowest BCUT2D eigenvalue weighted by Crippen LogP contribution is -2.07. The molecular formula is C107H165BF2N2O8. The molecule has 0 bridgehead atoms. The van der Waals surface area contributed by atoms with Crippen molar-refractivity contribution in [2.45, 2.75) is 427 Å². The number of H-pyrrole nitrogens is 2. The van der Waals surface area contributed by atoms with Gasteiger partial charge in [0.15, 0.2) is 23.0 Å². The van der Waals surface area contributed by atoms with E-state index in [-0.39, 0.29) is 17.1 Å². The number of carbonyl (C=O) groups is 1. The normalized spacial score (nSPS) is 11.9. The van der Waals surface area contributed by atoms with Crippen molar-refractivity contribution in [3.05, 3.63) is 90.3 Å².